The van der Waals surface area contributed by atoms with Crippen molar-refractivity contribution >= 4 is 5.95 Å². The minimum atomic E-state index is -0.116. The predicted molar refractivity (Wildman–Crippen MR) is 62.0 cm³/mol. The van der Waals surface area contributed by atoms with Gasteiger partial charge in [0, 0.05) is 18.8 Å². The molecule has 1 aromatic heterocycles. The molecule has 4 heteroatoms. The first-order valence-corrected chi connectivity index (χ1v) is 5.47. The van der Waals surface area contributed by atoms with Crippen LogP contribution in [0.15, 0.2) is 17.1 Å². The average Bonchev–Trinajstić information content (AvgIpc) is 2.17. The van der Waals surface area contributed by atoms with Crippen molar-refractivity contribution < 1.29 is 0 Å². The van der Waals surface area contributed by atoms with E-state index in [9.17, 15) is 4.79 Å². The third-order valence-electron chi connectivity index (χ3n) is 2.17. The maximum Gasteiger partial charge on any atom is 0.252 e. The Morgan fingerprint density at radius 2 is 2.27 bits per heavy atom. The molecule has 4 nitrogen and oxygen atoms in total. The topological polar surface area (TPSA) is 57.8 Å². The van der Waals surface area contributed by atoms with Crippen LogP contribution in [-0.2, 0) is 0 Å². The molecule has 0 unspecified atom stereocenters. The molecule has 0 aromatic carbocycles. The molecule has 1 heterocycles. The molecule has 0 atom stereocenters. The second-order valence-electron chi connectivity index (χ2n) is 4.10. The van der Waals surface area contributed by atoms with Gasteiger partial charge in [0.25, 0.3) is 5.56 Å². The maximum absolute atomic E-state index is 10.9. The molecule has 0 bridgehead atoms. The number of hydrogen-bond donors (Lipinski definition) is 2. The molecule has 0 aliphatic rings. The lowest BCUT2D eigenvalue weighted by Gasteiger charge is -2.05. The Bertz CT molecular complexity index is 333. The lowest BCUT2D eigenvalue weighted by atomic mass is 10.1. The lowest BCUT2D eigenvalue weighted by molar-refractivity contribution is 0.544. The zero-order valence-electron chi connectivity index (χ0n) is 9.42. The first-order chi connectivity index (χ1) is 7.18. The summed E-state index contributed by atoms with van der Waals surface area (Å²) in [6.45, 7) is 5.31. The third-order valence-corrected chi connectivity index (χ3v) is 2.17. The summed E-state index contributed by atoms with van der Waals surface area (Å²) in [4.78, 5) is 17.6. The summed E-state index contributed by atoms with van der Waals surface area (Å²) in [7, 11) is 0. The van der Waals surface area contributed by atoms with Crippen molar-refractivity contribution in [2.75, 3.05) is 11.9 Å². The Kier molecular flexibility index (Phi) is 4.87. The summed E-state index contributed by atoms with van der Waals surface area (Å²) in [5, 5.41) is 3.09. The van der Waals surface area contributed by atoms with E-state index in [0.717, 1.165) is 18.9 Å². The van der Waals surface area contributed by atoms with Gasteiger partial charge in [0.2, 0.25) is 5.95 Å². The highest BCUT2D eigenvalue weighted by Gasteiger charge is 1.95. The summed E-state index contributed by atoms with van der Waals surface area (Å²) >= 11 is 0. The van der Waals surface area contributed by atoms with Crippen molar-refractivity contribution in [1.29, 1.82) is 0 Å². The molecule has 1 aromatic rings. The zero-order chi connectivity index (χ0) is 11.1. The molecule has 15 heavy (non-hydrogen) atoms. The fourth-order valence-electron chi connectivity index (χ4n) is 1.34. The van der Waals surface area contributed by atoms with E-state index in [4.69, 9.17) is 0 Å². The van der Waals surface area contributed by atoms with Crippen LogP contribution in [0.3, 0.4) is 0 Å². The molecule has 2 N–H and O–H groups in total. The van der Waals surface area contributed by atoms with Crippen LogP contribution in [0.25, 0.3) is 0 Å². The molecular formula is C11H19N3O. The zero-order valence-corrected chi connectivity index (χ0v) is 9.42. The third kappa shape index (κ3) is 5.20. The SMILES string of the molecule is CC(C)CCCCNc1nccc(=O)[nH]1. The number of H-pyrrole nitrogens is 1. The summed E-state index contributed by atoms with van der Waals surface area (Å²) in [5.41, 5.74) is -0.116. The van der Waals surface area contributed by atoms with Crippen molar-refractivity contribution in [2.24, 2.45) is 5.92 Å². The van der Waals surface area contributed by atoms with Gasteiger partial charge in [-0.25, -0.2) is 4.98 Å². The second-order valence-corrected chi connectivity index (χ2v) is 4.10. The Morgan fingerprint density at radius 1 is 1.47 bits per heavy atom. The number of rotatable bonds is 6. The minimum Gasteiger partial charge on any atom is -0.356 e. The van der Waals surface area contributed by atoms with E-state index in [2.05, 4.69) is 29.1 Å². The smallest absolute Gasteiger partial charge is 0.252 e. The largest absolute Gasteiger partial charge is 0.356 e. The molecule has 1 rings (SSSR count). The highest BCUT2D eigenvalue weighted by Crippen LogP contribution is 2.05. The Hall–Kier alpha value is -1.32. The van der Waals surface area contributed by atoms with Crippen LogP contribution >= 0.6 is 0 Å². The van der Waals surface area contributed by atoms with E-state index >= 15 is 0 Å². The van der Waals surface area contributed by atoms with Crippen LogP contribution in [0, 0.1) is 5.92 Å². The van der Waals surface area contributed by atoms with Gasteiger partial charge < -0.3 is 5.32 Å². The minimum absolute atomic E-state index is 0.116. The molecule has 0 spiro atoms. The molecule has 0 saturated heterocycles. The van der Waals surface area contributed by atoms with Crippen LogP contribution < -0.4 is 10.9 Å². The van der Waals surface area contributed by atoms with Crippen LogP contribution in [-0.4, -0.2) is 16.5 Å². The number of anilines is 1. The molecular weight excluding hydrogens is 190 g/mol. The normalized spacial score (nSPS) is 10.6. The number of aromatic amines is 1. The molecule has 0 aliphatic heterocycles. The second kappa shape index (κ2) is 6.22. The van der Waals surface area contributed by atoms with Crippen molar-refractivity contribution in [3.8, 4) is 0 Å². The molecule has 84 valence electrons. The number of unbranched alkanes of at least 4 members (excludes halogenated alkanes) is 1. The predicted octanol–water partition coefficient (Wildman–Crippen LogP) is 2.01. The fourth-order valence-corrected chi connectivity index (χ4v) is 1.34. The Labute approximate surface area is 90.1 Å². The van der Waals surface area contributed by atoms with Gasteiger partial charge in [0.05, 0.1) is 0 Å². The first-order valence-electron chi connectivity index (χ1n) is 5.47. The average molecular weight is 209 g/mol. The van der Waals surface area contributed by atoms with Crippen LogP contribution in [0.4, 0.5) is 5.95 Å². The summed E-state index contributed by atoms with van der Waals surface area (Å²) in [6.07, 6.45) is 5.08. The number of nitrogens with zero attached hydrogens (tertiary/aromatic N) is 1. The number of nitrogens with one attached hydrogen (secondary N) is 2. The van der Waals surface area contributed by atoms with E-state index in [1.165, 1.54) is 25.1 Å². The highest BCUT2D eigenvalue weighted by molar-refractivity contribution is 5.21. The van der Waals surface area contributed by atoms with Gasteiger partial charge in [0.15, 0.2) is 0 Å². The van der Waals surface area contributed by atoms with Gasteiger partial charge in [-0.15, -0.1) is 0 Å². The maximum atomic E-state index is 10.9. The Morgan fingerprint density at radius 3 is 2.93 bits per heavy atom. The lowest BCUT2D eigenvalue weighted by Crippen LogP contribution is -2.11. The first kappa shape index (κ1) is 11.8. The number of hydrogen-bond acceptors (Lipinski definition) is 3. The van der Waals surface area contributed by atoms with Crippen molar-refractivity contribution in [1.82, 2.24) is 9.97 Å². The van der Waals surface area contributed by atoms with Crippen molar-refractivity contribution in [3.63, 3.8) is 0 Å². The van der Waals surface area contributed by atoms with Gasteiger partial charge in [-0.05, 0) is 12.3 Å². The van der Waals surface area contributed by atoms with Crippen LogP contribution in [0.1, 0.15) is 33.1 Å². The van der Waals surface area contributed by atoms with Crippen molar-refractivity contribution in [3.05, 3.63) is 22.6 Å². The van der Waals surface area contributed by atoms with E-state index in [1.54, 1.807) is 0 Å². The Balaban J connectivity index is 2.18. The standard InChI is InChI=1S/C11H19N3O/c1-9(2)5-3-4-7-12-11-13-8-6-10(15)14-11/h6,8-9H,3-5,7H2,1-2H3,(H2,12,13,14,15). The number of aromatic nitrogens is 2. The van der Waals surface area contributed by atoms with E-state index in [1.807, 2.05) is 0 Å². The van der Waals surface area contributed by atoms with Gasteiger partial charge >= 0.3 is 0 Å². The fraction of sp³-hybridized carbons (Fsp3) is 0.636. The van der Waals surface area contributed by atoms with Gasteiger partial charge in [-0.3, -0.25) is 9.78 Å². The molecule has 0 fully saturated rings. The van der Waals surface area contributed by atoms with Crippen LogP contribution in [0.2, 0.25) is 0 Å². The van der Waals surface area contributed by atoms with E-state index < -0.39 is 0 Å². The van der Waals surface area contributed by atoms with Gasteiger partial charge in [-0.1, -0.05) is 26.7 Å². The molecule has 0 aliphatic carbocycles. The summed E-state index contributed by atoms with van der Waals surface area (Å²) in [6, 6.07) is 1.41. The van der Waals surface area contributed by atoms with E-state index in [-0.39, 0.29) is 5.56 Å². The quantitative estimate of drug-likeness (QED) is 0.705. The highest BCUT2D eigenvalue weighted by atomic mass is 16.1. The van der Waals surface area contributed by atoms with Gasteiger partial charge in [-0.2, -0.15) is 0 Å². The molecule has 0 radical (unpaired) electrons. The summed E-state index contributed by atoms with van der Waals surface area (Å²) in [5.74, 6) is 1.33. The van der Waals surface area contributed by atoms with Crippen molar-refractivity contribution in [2.45, 2.75) is 33.1 Å². The van der Waals surface area contributed by atoms with E-state index in [0.29, 0.717) is 5.95 Å². The molecule has 0 amide bonds. The summed E-state index contributed by atoms with van der Waals surface area (Å²) < 4.78 is 0. The monoisotopic (exact) mass is 209 g/mol. The van der Waals surface area contributed by atoms with Gasteiger partial charge in [0.1, 0.15) is 0 Å². The molecule has 0 saturated carbocycles. The van der Waals surface area contributed by atoms with Crippen LogP contribution in [0.5, 0.6) is 0 Å².